The summed E-state index contributed by atoms with van der Waals surface area (Å²) in [6.07, 6.45) is 4.32. The molecule has 13 heteroatoms. The number of carbonyl (C=O) groups is 6. The Morgan fingerprint density at radius 3 is 2.20 bits per heavy atom. The molecule has 0 aromatic carbocycles. The van der Waals surface area contributed by atoms with Gasteiger partial charge in [0.25, 0.3) is 5.91 Å². The van der Waals surface area contributed by atoms with Crippen LogP contribution in [-0.2, 0) is 33.4 Å². The number of carbonyl (C=O) groups excluding carboxylic acids is 6. The van der Waals surface area contributed by atoms with Crippen molar-refractivity contribution in [2.24, 2.45) is 0 Å². The second-order valence-corrected chi connectivity index (χ2v) is 10.5. The van der Waals surface area contributed by atoms with Crippen LogP contribution in [0.3, 0.4) is 0 Å². The predicted octanol–water partition coefficient (Wildman–Crippen LogP) is 1.55. The Bertz CT molecular complexity index is 1080. The molecule has 1 fully saturated rings. The first-order chi connectivity index (χ1) is 19.1. The number of ether oxygens (including phenoxy) is 2. The highest BCUT2D eigenvalue weighted by Crippen LogP contribution is 2.20. The summed E-state index contributed by atoms with van der Waals surface area (Å²) in [5.74, 6) is -3.00. The Morgan fingerprint density at radius 2 is 1.63 bits per heavy atom. The normalized spacial score (nSPS) is 17.0. The summed E-state index contributed by atoms with van der Waals surface area (Å²) in [4.78, 5) is 76.7. The Labute approximate surface area is 241 Å². The van der Waals surface area contributed by atoms with Gasteiger partial charge in [-0.25, -0.2) is 9.59 Å². The third-order valence-corrected chi connectivity index (χ3v) is 5.71. The minimum absolute atomic E-state index is 0.0132. The molecule has 5 amide bonds. The lowest BCUT2D eigenvalue weighted by atomic mass is 10.1. The molecule has 0 radical (unpaired) electrons. The Balaban J connectivity index is 2.75. The molecule has 4 N–H and O–H groups in total. The fraction of sp³-hybridized carbons (Fsp3) is 0.571. The number of alkyl carbamates (subject to hydrolysis) is 1. The van der Waals surface area contributed by atoms with Crippen LogP contribution in [-0.4, -0.2) is 77.5 Å². The number of esters is 1. The fourth-order valence-corrected chi connectivity index (χ4v) is 3.79. The smallest absolute Gasteiger partial charge is 0.407 e. The topological polar surface area (TPSA) is 172 Å². The molecule has 13 nitrogen and oxygen atoms in total. The highest BCUT2D eigenvalue weighted by atomic mass is 16.6. The van der Waals surface area contributed by atoms with Gasteiger partial charge in [-0.3, -0.25) is 19.2 Å². The molecule has 0 spiro atoms. The monoisotopic (exact) mass is 577 g/mol. The van der Waals surface area contributed by atoms with Gasteiger partial charge in [-0.1, -0.05) is 24.8 Å². The lowest BCUT2D eigenvalue weighted by Gasteiger charge is -2.26. The van der Waals surface area contributed by atoms with Gasteiger partial charge in [-0.05, 0) is 61.3 Å². The van der Waals surface area contributed by atoms with Crippen molar-refractivity contribution >= 4 is 35.7 Å². The number of allylic oxidation sites excluding steroid dienone is 2. The van der Waals surface area contributed by atoms with E-state index in [0.717, 1.165) is 0 Å². The second-order valence-electron chi connectivity index (χ2n) is 10.5. The Hall–Kier alpha value is -4.16. The van der Waals surface area contributed by atoms with Crippen LogP contribution in [0.15, 0.2) is 36.2 Å². The van der Waals surface area contributed by atoms with E-state index in [-0.39, 0.29) is 31.0 Å². The number of hydrogen-bond acceptors (Lipinski definition) is 8. The van der Waals surface area contributed by atoms with Gasteiger partial charge >= 0.3 is 12.1 Å². The third-order valence-electron chi connectivity index (χ3n) is 5.71. The molecule has 1 aliphatic rings. The minimum atomic E-state index is -1.03. The summed E-state index contributed by atoms with van der Waals surface area (Å²) in [6, 6.07) is -2.46. The maximum atomic E-state index is 13.2. The van der Waals surface area contributed by atoms with E-state index in [4.69, 9.17) is 9.47 Å². The molecule has 0 aromatic rings. The van der Waals surface area contributed by atoms with Crippen LogP contribution in [0.4, 0.5) is 4.79 Å². The van der Waals surface area contributed by atoms with Crippen LogP contribution in [0.5, 0.6) is 0 Å². The minimum Gasteiger partial charge on any atom is -0.457 e. The fourth-order valence-electron chi connectivity index (χ4n) is 3.79. The molecule has 0 aromatic heterocycles. The van der Waals surface area contributed by atoms with Crippen molar-refractivity contribution in [2.75, 3.05) is 13.2 Å². The van der Waals surface area contributed by atoms with Crippen molar-refractivity contribution in [2.45, 2.75) is 91.5 Å². The third kappa shape index (κ3) is 11.9. The average Bonchev–Trinajstić information content (AvgIpc) is 3.37. The van der Waals surface area contributed by atoms with E-state index in [1.54, 1.807) is 41.5 Å². The summed E-state index contributed by atoms with van der Waals surface area (Å²) in [6.45, 7) is 15.1. The maximum absolute atomic E-state index is 13.2. The van der Waals surface area contributed by atoms with E-state index in [1.807, 2.05) is 0 Å². The molecule has 0 bridgehead atoms. The molecule has 3 atom stereocenters. The van der Waals surface area contributed by atoms with Gasteiger partial charge < -0.3 is 35.6 Å². The number of hydrogen-bond donors (Lipinski definition) is 4. The Kier molecular flexibility index (Phi) is 13.8. The van der Waals surface area contributed by atoms with Crippen molar-refractivity contribution in [3.05, 3.63) is 36.2 Å². The van der Waals surface area contributed by atoms with Crippen molar-refractivity contribution in [3.8, 4) is 0 Å². The second kappa shape index (κ2) is 16.2. The molecular formula is C28H43N5O8. The summed E-state index contributed by atoms with van der Waals surface area (Å²) in [5, 5.41) is 10.1. The number of rotatable bonds is 12. The van der Waals surface area contributed by atoms with E-state index in [0.29, 0.717) is 12.8 Å². The van der Waals surface area contributed by atoms with Crippen molar-refractivity contribution in [1.82, 2.24) is 26.2 Å². The molecular weight excluding hydrogens is 534 g/mol. The molecule has 1 rings (SSSR count). The standard InChI is InChI=1S/C28H43N5O8/c1-9-15-40-26(38)20(11-3)32-23(35)18(5)30-24(36)21-13-12-14-33(21)25(37)19(10-2)31-22(34)16-17(4)29-27(39)41-28(6,7)8/h9-11,17-18,21H,1,12-16H2,2-8H3,(H,29,39)(H,30,36)(H,31,34)(H,32,35)/b19-10-,20-11+/t17-,18-,21-/m0/s1. The summed E-state index contributed by atoms with van der Waals surface area (Å²) in [5.41, 5.74) is -0.786. The quantitative estimate of drug-likeness (QED) is 0.154. The lowest BCUT2D eigenvalue weighted by molar-refractivity contribution is -0.140. The largest absolute Gasteiger partial charge is 0.457 e. The zero-order chi connectivity index (χ0) is 31.3. The molecule has 1 aliphatic heterocycles. The number of nitrogens with one attached hydrogen (secondary N) is 4. The summed E-state index contributed by atoms with van der Waals surface area (Å²) < 4.78 is 10.1. The maximum Gasteiger partial charge on any atom is 0.407 e. The zero-order valence-corrected chi connectivity index (χ0v) is 24.9. The van der Waals surface area contributed by atoms with Gasteiger partial charge in [0.05, 0.1) is 0 Å². The van der Waals surface area contributed by atoms with Crippen LogP contribution in [0.2, 0.25) is 0 Å². The first-order valence-corrected chi connectivity index (χ1v) is 13.5. The van der Waals surface area contributed by atoms with Crippen LogP contribution in [0.25, 0.3) is 0 Å². The van der Waals surface area contributed by atoms with Crippen LogP contribution in [0.1, 0.15) is 67.7 Å². The number of nitrogens with zero attached hydrogens (tertiary/aromatic N) is 1. The summed E-state index contributed by atoms with van der Waals surface area (Å²) >= 11 is 0. The van der Waals surface area contributed by atoms with Gasteiger partial charge in [0.15, 0.2) is 0 Å². The van der Waals surface area contributed by atoms with Gasteiger partial charge in [-0.2, -0.15) is 0 Å². The number of likely N-dealkylation sites (tertiary alicyclic amines) is 1. The average molecular weight is 578 g/mol. The van der Waals surface area contributed by atoms with Gasteiger partial charge in [0.1, 0.15) is 35.7 Å². The SMILES string of the molecule is C=CCOC(=O)/C(=C\C)NC(=O)[C@H](C)NC(=O)[C@@H]1CCCN1C(=O)/C(=C/C)NC(=O)C[C@H](C)NC(=O)OC(C)(C)C. The Morgan fingerprint density at radius 1 is 1.00 bits per heavy atom. The van der Waals surface area contributed by atoms with Gasteiger partial charge in [0.2, 0.25) is 17.7 Å². The highest BCUT2D eigenvalue weighted by molar-refractivity contribution is 6.01. The van der Waals surface area contributed by atoms with Crippen molar-refractivity contribution < 1.29 is 38.2 Å². The van der Waals surface area contributed by atoms with Crippen LogP contribution in [0, 0.1) is 0 Å². The van der Waals surface area contributed by atoms with Crippen molar-refractivity contribution in [1.29, 1.82) is 0 Å². The van der Waals surface area contributed by atoms with Crippen molar-refractivity contribution in [3.63, 3.8) is 0 Å². The van der Waals surface area contributed by atoms with Crippen LogP contribution < -0.4 is 21.3 Å². The van der Waals surface area contributed by atoms with E-state index < -0.39 is 59.4 Å². The molecule has 0 aliphatic carbocycles. The molecule has 228 valence electrons. The van der Waals surface area contributed by atoms with Gasteiger partial charge in [-0.15, -0.1) is 0 Å². The van der Waals surface area contributed by atoms with E-state index >= 15 is 0 Å². The van der Waals surface area contributed by atoms with E-state index in [2.05, 4.69) is 27.8 Å². The molecule has 41 heavy (non-hydrogen) atoms. The molecule has 0 saturated carbocycles. The first kappa shape index (κ1) is 34.9. The van der Waals surface area contributed by atoms with E-state index in [1.165, 1.54) is 30.1 Å². The lowest BCUT2D eigenvalue weighted by Crippen LogP contribution is -2.53. The molecule has 1 heterocycles. The molecule has 0 unspecified atom stereocenters. The molecule has 1 saturated heterocycles. The number of amides is 5. The van der Waals surface area contributed by atoms with Crippen LogP contribution >= 0.6 is 0 Å². The summed E-state index contributed by atoms with van der Waals surface area (Å²) in [7, 11) is 0. The highest BCUT2D eigenvalue weighted by Gasteiger charge is 2.36. The predicted molar refractivity (Wildman–Crippen MR) is 151 cm³/mol. The van der Waals surface area contributed by atoms with Gasteiger partial charge in [0, 0.05) is 19.0 Å². The zero-order valence-electron chi connectivity index (χ0n) is 24.9. The van der Waals surface area contributed by atoms with E-state index in [9.17, 15) is 28.8 Å². The first-order valence-electron chi connectivity index (χ1n) is 13.5.